The number of piperazine rings is 1. The predicted octanol–water partition coefficient (Wildman–Crippen LogP) is 8.02. The molecular weight excluding hydrogens is 663 g/mol. The zero-order chi connectivity index (χ0) is 35.4. The van der Waals surface area contributed by atoms with Crippen molar-refractivity contribution in [1.82, 2.24) is 14.8 Å². The van der Waals surface area contributed by atoms with Crippen molar-refractivity contribution < 1.29 is 28.4 Å². The molecule has 268 valence electrons. The highest BCUT2D eigenvalue weighted by atomic mass is 32.1. The number of ether oxygens (including phenoxy) is 6. The van der Waals surface area contributed by atoms with E-state index in [0.717, 1.165) is 96.6 Å². The van der Waals surface area contributed by atoms with Crippen molar-refractivity contribution in [2.75, 3.05) is 80.9 Å². The molecule has 9 nitrogen and oxygen atoms in total. The molecule has 0 aliphatic carbocycles. The van der Waals surface area contributed by atoms with Crippen molar-refractivity contribution in [3.05, 3.63) is 90.0 Å². The van der Waals surface area contributed by atoms with Gasteiger partial charge in [0.25, 0.3) is 0 Å². The summed E-state index contributed by atoms with van der Waals surface area (Å²) >= 11 is 1.72. The van der Waals surface area contributed by atoms with Gasteiger partial charge in [-0.25, -0.2) is 4.98 Å². The van der Waals surface area contributed by atoms with E-state index < -0.39 is 0 Å². The third-order valence-electron chi connectivity index (χ3n) is 8.97. The third-order valence-corrected chi connectivity index (χ3v) is 10.1. The van der Waals surface area contributed by atoms with Crippen LogP contribution >= 0.6 is 11.3 Å². The van der Waals surface area contributed by atoms with Crippen LogP contribution in [0.4, 0.5) is 0 Å². The molecule has 1 saturated heterocycles. The summed E-state index contributed by atoms with van der Waals surface area (Å²) in [4.78, 5) is 9.82. The molecule has 0 unspecified atom stereocenters. The molecule has 0 saturated carbocycles. The van der Waals surface area contributed by atoms with Gasteiger partial charge in [0.2, 0.25) is 5.75 Å². The fourth-order valence-electron chi connectivity index (χ4n) is 6.17. The molecule has 1 aromatic heterocycles. The van der Waals surface area contributed by atoms with Crippen molar-refractivity contribution in [2.24, 2.45) is 0 Å². The highest BCUT2D eigenvalue weighted by Crippen LogP contribution is 2.39. The lowest BCUT2D eigenvalue weighted by atomic mass is 10.1. The van der Waals surface area contributed by atoms with Crippen LogP contribution in [0, 0.1) is 0 Å². The summed E-state index contributed by atoms with van der Waals surface area (Å²) in [5.41, 5.74) is 4.10. The van der Waals surface area contributed by atoms with Crippen LogP contribution in [0.3, 0.4) is 0 Å². The number of hydrogen-bond donors (Lipinski definition) is 0. The normalized spacial score (nSPS) is 13.8. The van der Waals surface area contributed by atoms with Gasteiger partial charge >= 0.3 is 0 Å². The second kappa shape index (κ2) is 17.9. The molecule has 1 aliphatic heterocycles. The Morgan fingerprint density at radius 3 is 1.86 bits per heavy atom. The first-order chi connectivity index (χ1) is 25.1. The molecule has 2 heterocycles. The van der Waals surface area contributed by atoms with E-state index in [1.165, 1.54) is 4.70 Å². The van der Waals surface area contributed by atoms with Gasteiger partial charge in [-0.2, -0.15) is 0 Å². The highest BCUT2D eigenvalue weighted by Gasteiger charge is 2.17. The van der Waals surface area contributed by atoms with Gasteiger partial charge in [-0.15, -0.1) is 11.3 Å². The summed E-state index contributed by atoms with van der Waals surface area (Å²) in [7, 11) is 6.50. The Morgan fingerprint density at radius 1 is 0.627 bits per heavy atom. The van der Waals surface area contributed by atoms with Crippen molar-refractivity contribution >= 4 is 33.7 Å². The van der Waals surface area contributed by atoms with Crippen LogP contribution < -0.4 is 28.4 Å². The number of benzene rings is 4. The Balaban J connectivity index is 0.888. The Morgan fingerprint density at radius 2 is 1.24 bits per heavy atom. The fraction of sp³-hybridized carbons (Fsp3) is 0.341. The zero-order valence-electron chi connectivity index (χ0n) is 29.9. The molecule has 10 heteroatoms. The van der Waals surface area contributed by atoms with E-state index >= 15 is 0 Å². The largest absolute Gasteiger partial charge is 0.494 e. The molecule has 5 aromatic rings. The van der Waals surface area contributed by atoms with Crippen LogP contribution in [0.15, 0.2) is 78.9 Å². The molecule has 1 aliphatic rings. The number of rotatable bonds is 17. The van der Waals surface area contributed by atoms with Gasteiger partial charge in [0.05, 0.1) is 51.9 Å². The molecule has 0 amide bonds. The van der Waals surface area contributed by atoms with Gasteiger partial charge in [0, 0.05) is 44.8 Å². The van der Waals surface area contributed by atoms with Crippen LogP contribution in [0.25, 0.3) is 32.9 Å². The minimum absolute atomic E-state index is 0.570. The average molecular weight is 710 g/mol. The number of aromatic nitrogens is 1. The van der Waals surface area contributed by atoms with Gasteiger partial charge in [0.15, 0.2) is 23.0 Å². The lowest BCUT2D eigenvalue weighted by molar-refractivity contribution is 0.120. The molecule has 51 heavy (non-hydrogen) atoms. The average Bonchev–Trinajstić information content (AvgIpc) is 3.62. The summed E-state index contributed by atoms with van der Waals surface area (Å²) < 4.78 is 35.5. The number of para-hydroxylation sites is 1. The van der Waals surface area contributed by atoms with Crippen LogP contribution in [0.2, 0.25) is 0 Å². The first kappa shape index (κ1) is 36.0. The molecule has 1 fully saturated rings. The summed E-state index contributed by atoms with van der Waals surface area (Å²) in [6.07, 6.45) is 5.99. The minimum Gasteiger partial charge on any atom is -0.494 e. The van der Waals surface area contributed by atoms with Crippen LogP contribution in [0.1, 0.15) is 24.0 Å². The Bertz CT molecular complexity index is 1830. The SMILES string of the molecule is COc1ccc(/C=C\c2cc(OC)c(OC)c(OC)c2)cc1OCCCN1CCN(CCCOc2ccc(-c3nc4ccccc4s3)cc2)CC1. The molecule has 0 bridgehead atoms. The fourth-order valence-corrected chi connectivity index (χ4v) is 7.15. The van der Waals surface area contributed by atoms with Crippen molar-refractivity contribution in [3.8, 4) is 45.1 Å². The van der Waals surface area contributed by atoms with Crippen molar-refractivity contribution in [1.29, 1.82) is 0 Å². The second-order valence-electron chi connectivity index (χ2n) is 12.3. The maximum Gasteiger partial charge on any atom is 0.203 e. The van der Waals surface area contributed by atoms with E-state index in [2.05, 4.69) is 40.1 Å². The monoisotopic (exact) mass is 709 g/mol. The lowest BCUT2D eigenvalue weighted by Gasteiger charge is -2.34. The van der Waals surface area contributed by atoms with Crippen LogP contribution in [-0.4, -0.2) is 95.7 Å². The van der Waals surface area contributed by atoms with E-state index in [9.17, 15) is 0 Å². The topological polar surface area (TPSA) is 74.8 Å². The van der Waals surface area contributed by atoms with E-state index in [1.807, 2.05) is 60.7 Å². The predicted molar refractivity (Wildman–Crippen MR) is 206 cm³/mol. The number of fused-ring (bicyclic) bond motifs is 1. The second-order valence-corrected chi connectivity index (χ2v) is 13.3. The maximum absolute atomic E-state index is 6.21. The number of hydrogen-bond acceptors (Lipinski definition) is 10. The van der Waals surface area contributed by atoms with Gasteiger partial charge in [-0.05, 0) is 84.6 Å². The summed E-state index contributed by atoms with van der Waals surface area (Å²) in [5.74, 6) is 4.16. The highest BCUT2D eigenvalue weighted by molar-refractivity contribution is 7.21. The minimum atomic E-state index is 0.570. The standard InChI is InChI=1S/C41H47N3O6S/c1-45-35-18-13-30(11-12-31-28-37(46-2)40(48-4)38(29-31)47-3)27-36(35)50-26-8-20-44-23-21-43(22-24-44)19-7-25-49-33-16-14-32(15-17-33)41-42-34-9-5-6-10-39(34)51-41/h5-6,9-18,27-29H,7-8,19-26H2,1-4H3/b12-11-. The van der Waals surface area contributed by atoms with Gasteiger partial charge in [-0.1, -0.05) is 30.4 Å². The summed E-state index contributed by atoms with van der Waals surface area (Å²) in [6.45, 7) is 7.67. The molecule has 4 aromatic carbocycles. The molecule has 0 spiro atoms. The smallest absolute Gasteiger partial charge is 0.203 e. The molecule has 6 rings (SSSR count). The van der Waals surface area contributed by atoms with Crippen LogP contribution in [-0.2, 0) is 0 Å². The van der Waals surface area contributed by atoms with Gasteiger partial charge in [-0.3, -0.25) is 0 Å². The quantitative estimate of drug-likeness (QED) is 0.0705. The van der Waals surface area contributed by atoms with E-state index in [1.54, 1.807) is 39.8 Å². The number of nitrogens with zero attached hydrogens (tertiary/aromatic N) is 3. The number of thiazole rings is 1. The van der Waals surface area contributed by atoms with Crippen molar-refractivity contribution in [3.63, 3.8) is 0 Å². The molecular formula is C41H47N3O6S. The first-order valence-electron chi connectivity index (χ1n) is 17.4. The summed E-state index contributed by atoms with van der Waals surface area (Å²) in [6, 6.07) is 26.4. The third kappa shape index (κ3) is 9.52. The Kier molecular flexibility index (Phi) is 12.7. The van der Waals surface area contributed by atoms with Crippen LogP contribution in [0.5, 0.6) is 34.5 Å². The Hall–Kier alpha value is -4.77. The van der Waals surface area contributed by atoms with Gasteiger partial charge < -0.3 is 38.2 Å². The Labute approximate surface area is 304 Å². The molecule has 0 radical (unpaired) electrons. The van der Waals surface area contributed by atoms with Gasteiger partial charge in [0.1, 0.15) is 10.8 Å². The molecule has 0 atom stereocenters. The van der Waals surface area contributed by atoms with E-state index in [0.29, 0.717) is 30.5 Å². The summed E-state index contributed by atoms with van der Waals surface area (Å²) in [5, 5.41) is 1.04. The maximum atomic E-state index is 6.21. The zero-order valence-corrected chi connectivity index (χ0v) is 30.7. The van der Waals surface area contributed by atoms with E-state index in [4.69, 9.17) is 33.4 Å². The lowest BCUT2D eigenvalue weighted by Crippen LogP contribution is -2.47. The van der Waals surface area contributed by atoms with Crippen molar-refractivity contribution in [2.45, 2.75) is 12.8 Å². The number of methoxy groups -OCH3 is 4. The molecule has 0 N–H and O–H groups in total. The van der Waals surface area contributed by atoms with E-state index in [-0.39, 0.29) is 0 Å². The first-order valence-corrected chi connectivity index (χ1v) is 18.2.